The molecule has 0 fully saturated rings. The summed E-state index contributed by atoms with van der Waals surface area (Å²) in [5.41, 5.74) is 2.24. The third kappa shape index (κ3) is 3.22. The van der Waals surface area contributed by atoms with Crippen LogP contribution in [0.15, 0.2) is 23.0 Å². The highest BCUT2D eigenvalue weighted by atomic mass is 35.5. The molecule has 1 aliphatic rings. The number of aromatic nitrogens is 3. The summed E-state index contributed by atoms with van der Waals surface area (Å²) in [5.74, 6) is 0.278. The van der Waals surface area contributed by atoms with Crippen LogP contribution in [0.2, 0.25) is 5.02 Å². The molecule has 1 amide bonds. The van der Waals surface area contributed by atoms with Gasteiger partial charge in [-0.05, 0) is 62.3 Å². The number of nitrogens with zero attached hydrogens (tertiary/aromatic N) is 3. The van der Waals surface area contributed by atoms with Crippen molar-refractivity contribution in [2.24, 2.45) is 5.92 Å². The number of hydrogen-bond acceptors (Lipinski definition) is 5. The molecule has 1 N–H and O–H groups in total. The van der Waals surface area contributed by atoms with Gasteiger partial charge in [0.1, 0.15) is 6.04 Å². The van der Waals surface area contributed by atoms with Crippen molar-refractivity contribution < 1.29 is 4.79 Å². The molecule has 2 atom stereocenters. The maximum absolute atomic E-state index is 13.1. The minimum Gasteiger partial charge on any atom is -0.324 e. The van der Waals surface area contributed by atoms with Gasteiger partial charge in [-0.25, -0.2) is 0 Å². The van der Waals surface area contributed by atoms with Gasteiger partial charge in [-0.1, -0.05) is 29.8 Å². The van der Waals surface area contributed by atoms with Gasteiger partial charge in [-0.15, -0.1) is 16.4 Å². The number of anilines is 1. The van der Waals surface area contributed by atoms with E-state index in [0.29, 0.717) is 26.8 Å². The number of amides is 1. The van der Waals surface area contributed by atoms with E-state index < -0.39 is 6.04 Å². The van der Waals surface area contributed by atoms with Crippen molar-refractivity contribution in [2.45, 2.75) is 46.1 Å². The Hall–Kier alpha value is -2.25. The first kappa shape index (κ1) is 19.1. The van der Waals surface area contributed by atoms with E-state index in [0.717, 1.165) is 30.4 Å². The summed E-state index contributed by atoms with van der Waals surface area (Å²) < 4.78 is 1.18. The quantitative estimate of drug-likeness (QED) is 0.696. The van der Waals surface area contributed by atoms with Gasteiger partial charge >= 0.3 is 0 Å². The van der Waals surface area contributed by atoms with Crippen molar-refractivity contribution >= 4 is 44.7 Å². The largest absolute Gasteiger partial charge is 0.324 e. The predicted molar refractivity (Wildman–Crippen MR) is 112 cm³/mol. The van der Waals surface area contributed by atoms with Crippen molar-refractivity contribution in [3.63, 3.8) is 0 Å². The SMILES string of the molecule is Cc1c(Cl)cccc1NC(=O)[C@@H](C)n1nnc2sc3c(c2c1=O)CC[C@@H](C)C3. The highest BCUT2D eigenvalue weighted by Crippen LogP contribution is 2.35. The molecule has 0 radical (unpaired) electrons. The molecule has 0 saturated carbocycles. The van der Waals surface area contributed by atoms with Crippen molar-refractivity contribution in [1.29, 1.82) is 0 Å². The van der Waals surface area contributed by atoms with Gasteiger partial charge in [0.2, 0.25) is 5.91 Å². The number of hydrogen-bond donors (Lipinski definition) is 1. The molecule has 3 aromatic rings. The summed E-state index contributed by atoms with van der Waals surface area (Å²) in [6, 6.07) is 4.52. The van der Waals surface area contributed by atoms with E-state index in [1.807, 2.05) is 6.92 Å². The summed E-state index contributed by atoms with van der Waals surface area (Å²) in [7, 11) is 0. The van der Waals surface area contributed by atoms with Crippen LogP contribution in [0.1, 0.15) is 42.3 Å². The average Bonchev–Trinajstić information content (AvgIpc) is 3.03. The standard InChI is InChI=1S/C20H21ClN4O2S/c1-10-7-8-13-16(9-10)28-19-17(13)20(27)25(24-23-19)12(3)18(26)22-15-6-4-5-14(21)11(15)2/h4-6,10,12H,7-9H2,1-3H3,(H,22,26)/t10-,12-/m1/s1. The zero-order chi connectivity index (χ0) is 20.0. The van der Waals surface area contributed by atoms with Crippen LogP contribution in [0.5, 0.6) is 0 Å². The topological polar surface area (TPSA) is 76.9 Å². The minimum atomic E-state index is -0.791. The first-order valence-electron chi connectivity index (χ1n) is 9.32. The van der Waals surface area contributed by atoms with Crippen LogP contribution in [-0.4, -0.2) is 20.9 Å². The zero-order valence-corrected chi connectivity index (χ0v) is 17.5. The fraction of sp³-hybridized carbons (Fsp3) is 0.400. The lowest BCUT2D eigenvalue weighted by molar-refractivity contribution is -0.119. The van der Waals surface area contributed by atoms with Crippen molar-refractivity contribution in [1.82, 2.24) is 15.0 Å². The third-order valence-electron chi connectivity index (χ3n) is 5.42. The number of aryl methyl sites for hydroxylation is 1. The second-order valence-corrected chi connectivity index (χ2v) is 8.94. The minimum absolute atomic E-state index is 0.248. The predicted octanol–water partition coefficient (Wildman–Crippen LogP) is 4.14. The Morgan fingerprint density at radius 2 is 2.21 bits per heavy atom. The normalized spacial score (nSPS) is 17.4. The van der Waals surface area contributed by atoms with Crippen molar-refractivity contribution in [3.05, 3.63) is 49.6 Å². The number of halogens is 1. The number of carbonyl (C=O) groups excluding carboxylic acids is 1. The summed E-state index contributed by atoms with van der Waals surface area (Å²) >= 11 is 7.67. The molecule has 4 rings (SSSR count). The molecule has 0 bridgehead atoms. The molecule has 6 nitrogen and oxygen atoms in total. The molecule has 8 heteroatoms. The Morgan fingerprint density at radius 3 is 3.00 bits per heavy atom. The lowest BCUT2D eigenvalue weighted by Crippen LogP contribution is -2.34. The van der Waals surface area contributed by atoms with Crippen LogP contribution in [0, 0.1) is 12.8 Å². The van der Waals surface area contributed by atoms with E-state index in [1.165, 1.54) is 9.56 Å². The van der Waals surface area contributed by atoms with Gasteiger partial charge in [0.15, 0.2) is 4.83 Å². The Morgan fingerprint density at radius 1 is 1.43 bits per heavy atom. The number of benzene rings is 1. The highest BCUT2D eigenvalue weighted by Gasteiger charge is 2.26. The Bertz CT molecular complexity index is 1140. The second kappa shape index (κ2) is 7.29. The summed E-state index contributed by atoms with van der Waals surface area (Å²) in [6.45, 7) is 5.71. The van der Waals surface area contributed by atoms with Crippen LogP contribution >= 0.6 is 22.9 Å². The van der Waals surface area contributed by atoms with Gasteiger partial charge < -0.3 is 5.32 Å². The smallest absolute Gasteiger partial charge is 0.279 e. The fourth-order valence-electron chi connectivity index (χ4n) is 3.62. The number of rotatable bonds is 3. The van der Waals surface area contributed by atoms with E-state index >= 15 is 0 Å². The summed E-state index contributed by atoms with van der Waals surface area (Å²) in [5, 5.41) is 12.3. The van der Waals surface area contributed by atoms with Gasteiger partial charge in [0.25, 0.3) is 5.56 Å². The second-order valence-electron chi connectivity index (χ2n) is 7.45. The molecule has 0 spiro atoms. The van der Waals surface area contributed by atoms with Crippen LogP contribution < -0.4 is 10.9 Å². The van der Waals surface area contributed by atoms with E-state index in [-0.39, 0.29) is 11.5 Å². The monoisotopic (exact) mass is 416 g/mol. The van der Waals surface area contributed by atoms with Gasteiger partial charge in [-0.3, -0.25) is 9.59 Å². The average molecular weight is 417 g/mol. The molecular formula is C20H21ClN4O2S. The van der Waals surface area contributed by atoms with Crippen molar-refractivity contribution in [3.8, 4) is 0 Å². The molecular weight excluding hydrogens is 396 g/mol. The van der Waals surface area contributed by atoms with Gasteiger partial charge in [0, 0.05) is 15.6 Å². The molecule has 0 aliphatic heterocycles. The number of nitrogens with one attached hydrogen (secondary N) is 1. The fourth-order valence-corrected chi connectivity index (χ4v) is 5.11. The van der Waals surface area contributed by atoms with Gasteiger partial charge in [-0.2, -0.15) is 4.68 Å². The Balaban J connectivity index is 1.68. The molecule has 2 heterocycles. The van der Waals surface area contributed by atoms with Gasteiger partial charge in [0.05, 0.1) is 5.39 Å². The molecule has 0 saturated heterocycles. The Labute approximate surface area is 171 Å². The maximum Gasteiger partial charge on any atom is 0.279 e. The van der Waals surface area contributed by atoms with Crippen LogP contribution in [0.4, 0.5) is 5.69 Å². The maximum atomic E-state index is 13.1. The van der Waals surface area contributed by atoms with E-state index in [4.69, 9.17) is 11.6 Å². The number of fused-ring (bicyclic) bond motifs is 3. The molecule has 1 aliphatic carbocycles. The lowest BCUT2D eigenvalue weighted by Gasteiger charge is -2.18. The van der Waals surface area contributed by atoms with E-state index in [9.17, 15) is 9.59 Å². The molecule has 0 unspecified atom stereocenters. The highest BCUT2D eigenvalue weighted by molar-refractivity contribution is 7.18. The lowest BCUT2D eigenvalue weighted by atomic mass is 9.89. The molecule has 28 heavy (non-hydrogen) atoms. The molecule has 2 aromatic heterocycles. The summed E-state index contributed by atoms with van der Waals surface area (Å²) in [4.78, 5) is 27.8. The van der Waals surface area contributed by atoms with Crippen LogP contribution in [-0.2, 0) is 17.6 Å². The Kier molecular flexibility index (Phi) is 4.97. The first-order chi connectivity index (χ1) is 13.4. The third-order valence-corrected chi connectivity index (χ3v) is 6.97. The van der Waals surface area contributed by atoms with E-state index in [1.54, 1.807) is 36.5 Å². The van der Waals surface area contributed by atoms with Crippen molar-refractivity contribution in [2.75, 3.05) is 5.32 Å². The van der Waals surface area contributed by atoms with Crippen LogP contribution in [0.25, 0.3) is 10.2 Å². The zero-order valence-electron chi connectivity index (χ0n) is 16.0. The first-order valence-corrected chi connectivity index (χ1v) is 10.5. The summed E-state index contributed by atoms with van der Waals surface area (Å²) in [6.07, 6.45) is 2.91. The number of carbonyl (C=O) groups is 1. The van der Waals surface area contributed by atoms with Crippen LogP contribution in [0.3, 0.4) is 0 Å². The van der Waals surface area contributed by atoms with E-state index in [2.05, 4.69) is 22.6 Å². The number of thiophene rings is 1. The molecule has 1 aromatic carbocycles. The molecule has 146 valence electrons.